The molecule has 0 saturated heterocycles. The SMILES string of the molecule is CN1c2ccc(Cl)cc2[C@@]2(C)c3cn(C)cc3-c3c([nH]c4ccc(Cl)cc34)[C@@H]12. The highest BCUT2D eigenvalue weighted by atomic mass is 35.5. The van der Waals surface area contributed by atoms with Crippen LogP contribution in [0.5, 0.6) is 0 Å². The minimum absolute atomic E-state index is 0.164. The fourth-order valence-corrected chi connectivity index (χ4v) is 5.90. The predicted octanol–water partition coefficient (Wildman–Crippen LogP) is 6.29. The summed E-state index contributed by atoms with van der Waals surface area (Å²) in [5, 5.41) is 2.72. The number of aromatic nitrogens is 2. The van der Waals surface area contributed by atoms with Crippen LogP contribution in [0.15, 0.2) is 48.8 Å². The summed E-state index contributed by atoms with van der Waals surface area (Å²) in [6, 6.07) is 12.5. The number of fused-ring (bicyclic) bond motifs is 10. The van der Waals surface area contributed by atoms with Crippen molar-refractivity contribution in [3.8, 4) is 11.1 Å². The minimum Gasteiger partial charge on any atom is -0.365 e. The number of aromatic amines is 1. The molecule has 6 rings (SSSR count). The topological polar surface area (TPSA) is 24.0 Å². The zero-order valence-electron chi connectivity index (χ0n) is 15.8. The number of nitrogens with one attached hydrogen (secondary N) is 1. The summed E-state index contributed by atoms with van der Waals surface area (Å²) in [5.74, 6) is 0. The number of hydrogen-bond acceptors (Lipinski definition) is 1. The lowest BCUT2D eigenvalue weighted by atomic mass is 9.66. The molecule has 0 unspecified atom stereocenters. The molecule has 0 spiro atoms. The fraction of sp³-hybridized carbons (Fsp3) is 0.217. The third kappa shape index (κ3) is 1.82. The number of likely N-dealkylation sites (N-methyl/N-ethyl adjacent to an activating group) is 1. The van der Waals surface area contributed by atoms with Gasteiger partial charge < -0.3 is 14.5 Å². The van der Waals surface area contributed by atoms with Gasteiger partial charge in [-0.05, 0) is 54.4 Å². The van der Waals surface area contributed by atoms with Gasteiger partial charge in [-0.15, -0.1) is 0 Å². The van der Waals surface area contributed by atoms with Crippen molar-refractivity contribution in [2.75, 3.05) is 11.9 Å². The Kier molecular flexibility index (Phi) is 3.06. The molecule has 3 heterocycles. The number of halogens is 2. The molecule has 2 aliphatic rings. The molecule has 0 fully saturated rings. The molecule has 1 N–H and O–H groups in total. The van der Waals surface area contributed by atoms with Crippen molar-refractivity contribution < 1.29 is 0 Å². The normalized spacial score (nSPS) is 22.2. The zero-order chi connectivity index (χ0) is 19.4. The Morgan fingerprint density at radius 2 is 1.71 bits per heavy atom. The van der Waals surface area contributed by atoms with Crippen LogP contribution in [0, 0.1) is 0 Å². The molecule has 0 saturated carbocycles. The Bertz CT molecular complexity index is 1300. The molecule has 0 radical (unpaired) electrons. The molecule has 2 atom stereocenters. The average molecular weight is 408 g/mol. The summed E-state index contributed by atoms with van der Waals surface area (Å²) in [5.41, 5.74) is 8.56. The van der Waals surface area contributed by atoms with Crippen molar-refractivity contribution in [2.24, 2.45) is 7.05 Å². The summed E-state index contributed by atoms with van der Waals surface area (Å²) in [7, 11) is 4.27. The van der Waals surface area contributed by atoms with Gasteiger partial charge in [-0.25, -0.2) is 0 Å². The first-order valence-electron chi connectivity index (χ1n) is 9.40. The molecule has 140 valence electrons. The molecule has 2 aromatic carbocycles. The number of aryl methyl sites for hydroxylation is 1. The lowest BCUT2D eigenvalue weighted by Gasteiger charge is -2.39. The van der Waals surface area contributed by atoms with E-state index in [2.05, 4.69) is 72.1 Å². The maximum absolute atomic E-state index is 6.43. The van der Waals surface area contributed by atoms with Gasteiger partial charge in [0, 0.05) is 75.4 Å². The molecule has 1 aliphatic carbocycles. The van der Waals surface area contributed by atoms with Crippen LogP contribution in [0.25, 0.3) is 22.0 Å². The van der Waals surface area contributed by atoms with Crippen LogP contribution >= 0.6 is 23.2 Å². The molecule has 2 aromatic heterocycles. The second kappa shape index (κ2) is 5.16. The second-order valence-electron chi connectivity index (χ2n) is 8.23. The monoisotopic (exact) mass is 407 g/mol. The Balaban J connectivity index is 1.78. The summed E-state index contributed by atoms with van der Waals surface area (Å²) in [4.78, 5) is 6.11. The highest BCUT2D eigenvalue weighted by Gasteiger charge is 2.54. The van der Waals surface area contributed by atoms with E-state index in [1.54, 1.807) is 0 Å². The number of nitrogens with zero attached hydrogens (tertiary/aromatic N) is 2. The van der Waals surface area contributed by atoms with E-state index in [9.17, 15) is 0 Å². The molecule has 0 amide bonds. The van der Waals surface area contributed by atoms with E-state index in [4.69, 9.17) is 23.2 Å². The average Bonchev–Trinajstić information content (AvgIpc) is 3.27. The van der Waals surface area contributed by atoms with E-state index in [1.807, 2.05) is 12.1 Å². The molecular formula is C23H19Cl2N3. The van der Waals surface area contributed by atoms with Crippen molar-refractivity contribution in [1.29, 1.82) is 0 Å². The largest absolute Gasteiger partial charge is 0.365 e. The first kappa shape index (κ1) is 16.6. The summed E-state index contributed by atoms with van der Waals surface area (Å²) in [6.07, 6.45) is 4.49. The first-order chi connectivity index (χ1) is 13.4. The predicted molar refractivity (Wildman–Crippen MR) is 117 cm³/mol. The molecule has 0 bridgehead atoms. The highest BCUT2D eigenvalue weighted by Crippen LogP contribution is 2.62. The summed E-state index contributed by atoms with van der Waals surface area (Å²) in [6.45, 7) is 2.34. The molecule has 1 aliphatic heterocycles. The maximum Gasteiger partial charge on any atom is 0.0831 e. The molecule has 28 heavy (non-hydrogen) atoms. The quantitative estimate of drug-likeness (QED) is 0.363. The third-order valence-corrected chi connectivity index (χ3v) is 7.15. The Hall–Kier alpha value is -2.36. The standard InChI is InChI=1S/C23H19Cl2N3/c1-23-16-9-13(25)5-7-19(16)28(3)22(23)21-20(15-10-27(2)11-17(15)23)14-8-12(24)4-6-18(14)26-21/h4-11,22,26H,1-3H3/t22-,23+/m1/s1. The molecule has 5 heteroatoms. The van der Waals surface area contributed by atoms with Crippen molar-refractivity contribution in [1.82, 2.24) is 9.55 Å². The molecular weight excluding hydrogens is 389 g/mol. The van der Waals surface area contributed by atoms with Crippen molar-refractivity contribution in [3.63, 3.8) is 0 Å². The minimum atomic E-state index is -0.191. The van der Waals surface area contributed by atoms with Gasteiger partial charge in [-0.3, -0.25) is 0 Å². The fourth-order valence-electron chi connectivity index (χ4n) is 5.56. The van der Waals surface area contributed by atoms with Gasteiger partial charge in [0.25, 0.3) is 0 Å². The van der Waals surface area contributed by atoms with Gasteiger partial charge in [0.05, 0.1) is 6.04 Å². The smallest absolute Gasteiger partial charge is 0.0831 e. The van der Waals surface area contributed by atoms with Crippen LogP contribution in [0.2, 0.25) is 10.0 Å². The molecule has 4 aromatic rings. The Labute approximate surface area is 173 Å². The lowest BCUT2D eigenvalue weighted by molar-refractivity contribution is 0.464. The van der Waals surface area contributed by atoms with Gasteiger partial charge >= 0.3 is 0 Å². The number of benzene rings is 2. The van der Waals surface area contributed by atoms with Crippen molar-refractivity contribution in [2.45, 2.75) is 18.4 Å². The summed E-state index contributed by atoms with van der Waals surface area (Å²) >= 11 is 12.8. The van der Waals surface area contributed by atoms with E-state index in [0.29, 0.717) is 0 Å². The highest BCUT2D eigenvalue weighted by molar-refractivity contribution is 6.31. The van der Waals surface area contributed by atoms with Crippen LogP contribution in [0.4, 0.5) is 5.69 Å². The molecule has 3 nitrogen and oxygen atoms in total. The van der Waals surface area contributed by atoms with E-state index in [0.717, 1.165) is 15.6 Å². The van der Waals surface area contributed by atoms with E-state index in [-0.39, 0.29) is 11.5 Å². The second-order valence-corrected chi connectivity index (χ2v) is 9.10. The number of anilines is 1. The van der Waals surface area contributed by atoms with Gasteiger partial charge in [0.1, 0.15) is 0 Å². The number of rotatable bonds is 0. The lowest BCUT2D eigenvalue weighted by Crippen LogP contribution is -2.37. The Morgan fingerprint density at radius 3 is 2.54 bits per heavy atom. The van der Waals surface area contributed by atoms with E-state index >= 15 is 0 Å². The van der Waals surface area contributed by atoms with Crippen LogP contribution in [0.1, 0.15) is 29.8 Å². The van der Waals surface area contributed by atoms with Crippen LogP contribution in [-0.4, -0.2) is 16.6 Å². The maximum atomic E-state index is 6.43. The van der Waals surface area contributed by atoms with Crippen LogP contribution in [0.3, 0.4) is 0 Å². The van der Waals surface area contributed by atoms with E-state index < -0.39 is 0 Å². The Morgan fingerprint density at radius 1 is 0.964 bits per heavy atom. The first-order valence-corrected chi connectivity index (χ1v) is 10.2. The van der Waals surface area contributed by atoms with Crippen LogP contribution in [-0.2, 0) is 12.5 Å². The van der Waals surface area contributed by atoms with Gasteiger partial charge in [-0.1, -0.05) is 23.2 Å². The van der Waals surface area contributed by atoms with Gasteiger partial charge in [0.2, 0.25) is 0 Å². The van der Waals surface area contributed by atoms with Crippen LogP contribution < -0.4 is 4.90 Å². The number of hydrogen-bond donors (Lipinski definition) is 1. The number of H-pyrrole nitrogens is 1. The van der Waals surface area contributed by atoms with Gasteiger partial charge in [-0.2, -0.15) is 0 Å². The van der Waals surface area contributed by atoms with Crippen molar-refractivity contribution >= 4 is 39.8 Å². The van der Waals surface area contributed by atoms with E-state index in [1.165, 1.54) is 39.0 Å². The third-order valence-electron chi connectivity index (χ3n) is 6.68. The van der Waals surface area contributed by atoms with Crippen molar-refractivity contribution in [3.05, 3.63) is 75.7 Å². The zero-order valence-corrected chi connectivity index (χ0v) is 17.4. The van der Waals surface area contributed by atoms with Gasteiger partial charge in [0.15, 0.2) is 0 Å². The summed E-state index contributed by atoms with van der Waals surface area (Å²) < 4.78 is 2.16.